The third-order valence-corrected chi connectivity index (χ3v) is 2.81. The highest BCUT2D eigenvalue weighted by atomic mass is 15.2. The van der Waals surface area contributed by atoms with Crippen LogP contribution in [0, 0.1) is 0 Å². The highest BCUT2D eigenvalue weighted by Gasteiger charge is 2.27. The molecule has 0 spiro atoms. The van der Waals surface area contributed by atoms with Gasteiger partial charge in [0.15, 0.2) is 0 Å². The van der Waals surface area contributed by atoms with Gasteiger partial charge < -0.3 is 5.73 Å². The van der Waals surface area contributed by atoms with Gasteiger partial charge in [0.25, 0.3) is 0 Å². The molecular weight excluding hydrogens is 136 g/mol. The van der Waals surface area contributed by atoms with Crippen LogP contribution < -0.4 is 5.73 Å². The Bertz CT molecular complexity index is 110. The summed E-state index contributed by atoms with van der Waals surface area (Å²) in [6, 6.07) is 1.11. The molecular formula is C9H20N2. The number of rotatable bonds is 3. The Morgan fingerprint density at radius 2 is 1.91 bits per heavy atom. The van der Waals surface area contributed by atoms with Crippen molar-refractivity contribution in [2.75, 3.05) is 13.1 Å². The predicted octanol–water partition coefficient (Wildman–Crippen LogP) is 1.21. The van der Waals surface area contributed by atoms with Crippen molar-refractivity contribution >= 4 is 0 Å². The van der Waals surface area contributed by atoms with E-state index in [1.165, 1.54) is 19.3 Å². The van der Waals surface area contributed by atoms with E-state index in [9.17, 15) is 0 Å². The predicted molar refractivity (Wildman–Crippen MR) is 48.5 cm³/mol. The second kappa shape index (κ2) is 4.07. The number of hydrogen-bond acceptors (Lipinski definition) is 2. The number of likely N-dealkylation sites (N-methyl/N-ethyl adjacent to an activating group) is 1. The molecule has 66 valence electrons. The Morgan fingerprint density at radius 1 is 1.27 bits per heavy atom. The normalized spacial score (nSPS) is 31.6. The summed E-state index contributed by atoms with van der Waals surface area (Å²) in [4.78, 5) is 2.48. The molecule has 1 aliphatic carbocycles. The van der Waals surface area contributed by atoms with Crippen LogP contribution in [0.2, 0.25) is 0 Å². The molecule has 1 fully saturated rings. The van der Waals surface area contributed by atoms with Crippen molar-refractivity contribution in [1.29, 1.82) is 0 Å². The topological polar surface area (TPSA) is 29.3 Å². The Morgan fingerprint density at radius 3 is 2.27 bits per heavy atom. The molecule has 2 nitrogen and oxygen atoms in total. The molecule has 2 heteroatoms. The minimum absolute atomic E-state index is 0.440. The van der Waals surface area contributed by atoms with Gasteiger partial charge in [-0.05, 0) is 25.9 Å². The molecule has 0 aliphatic heterocycles. The van der Waals surface area contributed by atoms with Crippen molar-refractivity contribution in [2.24, 2.45) is 5.73 Å². The summed E-state index contributed by atoms with van der Waals surface area (Å²) in [5.74, 6) is 0. The van der Waals surface area contributed by atoms with E-state index in [2.05, 4.69) is 18.7 Å². The largest absolute Gasteiger partial charge is 0.326 e. The fourth-order valence-corrected chi connectivity index (χ4v) is 2.12. The van der Waals surface area contributed by atoms with E-state index in [1.807, 2.05) is 0 Å². The molecule has 0 aromatic heterocycles. The van der Waals surface area contributed by atoms with Crippen molar-refractivity contribution in [1.82, 2.24) is 4.90 Å². The van der Waals surface area contributed by atoms with Gasteiger partial charge in [0.05, 0.1) is 0 Å². The van der Waals surface area contributed by atoms with Crippen LogP contribution in [0.3, 0.4) is 0 Å². The smallest absolute Gasteiger partial charge is 0.0246 e. The van der Waals surface area contributed by atoms with Gasteiger partial charge in [-0.3, -0.25) is 4.90 Å². The Hall–Kier alpha value is -0.0800. The average molecular weight is 156 g/mol. The molecule has 1 aliphatic rings. The Labute approximate surface area is 69.8 Å². The molecule has 1 rings (SSSR count). The average Bonchev–Trinajstić information content (AvgIpc) is 2.40. The first kappa shape index (κ1) is 9.01. The van der Waals surface area contributed by atoms with Crippen LogP contribution in [-0.4, -0.2) is 30.1 Å². The summed E-state index contributed by atoms with van der Waals surface area (Å²) in [7, 11) is 0. The van der Waals surface area contributed by atoms with E-state index < -0.39 is 0 Å². The van der Waals surface area contributed by atoms with Crippen molar-refractivity contribution in [2.45, 2.75) is 45.2 Å². The van der Waals surface area contributed by atoms with Gasteiger partial charge in [-0.1, -0.05) is 20.3 Å². The third-order valence-electron chi connectivity index (χ3n) is 2.81. The molecule has 1 saturated carbocycles. The zero-order valence-electron chi connectivity index (χ0n) is 7.71. The maximum atomic E-state index is 5.99. The van der Waals surface area contributed by atoms with Gasteiger partial charge in [-0.25, -0.2) is 0 Å². The first-order valence-corrected chi connectivity index (χ1v) is 4.79. The van der Waals surface area contributed by atoms with Gasteiger partial charge in [-0.15, -0.1) is 0 Å². The molecule has 0 saturated heterocycles. The number of nitrogens with two attached hydrogens (primary N) is 1. The Kier molecular flexibility index (Phi) is 3.34. The van der Waals surface area contributed by atoms with Crippen molar-refractivity contribution in [3.63, 3.8) is 0 Å². The zero-order chi connectivity index (χ0) is 8.27. The summed E-state index contributed by atoms with van der Waals surface area (Å²) in [5.41, 5.74) is 5.99. The van der Waals surface area contributed by atoms with Gasteiger partial charge in [0.2, 0.25) is 0 Å². The minimum Gasteiger partial charge on any atom is -0.326 e. The quantitative estimate of drug-likeness (QED) is 0.665. The minimum atomic E-state index is 0.440. The molecule has 0 amide bonds. The van der Waals surface area contributed by atoms with E-state index in [1.54, 1.807) is 0 Å². The van der Waals surface area contributed by atoms with Crippen molar-refractivity contribution in [3.05, 3.63) is 0 Å². The summed E-state index contributed by atoms with van der Waals surface area (Å²) < 4.78 is 0. The molecule has 0 radical (unpaired) electrons. The van der Waals surface area contributed by atoms with Crippen LogP contribution >= 0.6 is 0 Å². The summed E-state index contributed by atoms with van der Waals surface area (Å²) in [6.45, 7) is 6.73. The maximum absolute atomic E-state index is 5.99. The summed E-state index contributed by atoms with van der Waals surface area (Å²) in [5, 5.41) is 0. The van der Waals surface area contributed by atoms with Gasteiger partial charge >= 0.3 is 0 Å². The second-order valence-electron chi connectivity index (χ2n) is 3.38. The van der Waals surface area contributed by atoms with E-state index >= 15 is 0 Å². The molecule has 0 unspecified atom stereocenters. The zero-order valence-corrected chi connectivity index (χ0v) is 7.71. The summed E-state index contributed by atoms with van der Waals surface area (Å²) >= 11 is 0. The highest BCUT2D eigenvalue weighted by molar-refractivity contribution is 4.87. The fraction of sp³-hybridized carbons (Fsp3) is 1.00. The van der Waals surface area contributed by atoms with Crippen molar-refractivity contribution < 1.29 is 0 Å². The lowest BCUT2D eigenvalue weighted by Gasteiger charge is -2.29. The Balaban J connectivity index is 2.43. The standard InChI is InChI=1S/C9H20N2/c1-3-11(4-2)9-7-5-6-8(9)10/h8-9H,3-7,10H2,1-2H3/t8-,9-/m0/s1. The lowest BCUT2D eigenvalue weighted by atomic mass is 10.1. The van der Waals surface area contributed by atoms with Crippen LogP contribution in [0.1, 0.15) is 33.1 Å². The number of hydrogen-bond donors (Lipinski definition) is 1. The van der Waals surface area contributed by atoms with Crippen LogP contribution in [-0.2, 0) is 0 Å². The maximum Gasteiger partial charge on any atom is 0.0246 e. The molecule has 0 heterocycles. The molecule has 2 N–H and O–H groups in total. The van der Waals surface area contributed by atoms with Gasteiger partial charge in [0, 0.05) is 12.1 Å². The van der Waals surface area contributed by atoms with E-state index in [0.717, 1.165) is 13.1 Å². The lowest BCUT2D eigenvalue weighted by Crippen LogP contribution is -2.44. The molecule has 0 aromatic carbocycles. The highest BCUT2D eigenvalue weighted by Crippen LogP contribution is 2.22. The fourth-order valence-electron chi connectivity index (χ4n) is 2.12. The van der Waals surface area contributed by atoms with Crippen LogP contribution in [0.5, 0.6) is 0 Å². The second-order valence-corrected chi connectivity index (χ2v) is 3.38. The van der Waals surface area contributed by atoms with E-state index in [4.69, 9.17) is 5.73 Å². The van der Waals surface area contributed by atoms with Gasteiger partial charge in [-0.2, -0.15) is 0 Å². The third kappa shape index (κ3) is 1.94. The lowest BCUT2D eigenvalue weighted by molar-refractivity contribution is 0.205. The van der Waals surface area contributed by atoms with Crippen LogP contribution in [0.25, 0.3) is 0 Å². The first-order chi connectivity index (χ1) is 5.29. The molecule has 0 bridgehead atoms. The molecule has 11 heavy (non-hydrogen) atoms. The van der Waals surface area contributed by atoms with Gasteiger partial charge in [0.1, 0.15) is 0 Å². The van der Waals surface area contributed by atoms with E-state index in [0.29, 0.717) is 12.1 Å². The van der Waals surface area contributed by atoms with Crippen LogP contribution in [0.15, 0.2) is 0 Å². The van der Waals surface area contributed by atoms with Crippen LogP contribution in [0.4, 0.5) is 0 Å². The number of nitrogens with zero attached hydrogens (tertiary/aromatic N) is 1. The SMILES string of the molecule is CCN(CC)[C@H]1CCC[C@@H]1N. The monoisotopic (exact) mass is 156 g/mol. The van der Waals surface area contributed by atoms with E-state index in [-0.39, 0.29) is 0 Å². The molecule has 0 aromatic rings. The summed E-state index contributed by atoms with van der Waals surface area (Å²) in [6.07, 6.45) is 3.85. The first-order valence-electron chi connectivity index (χ1n) is 4.79. The molecule has 2 atom stereocenters. The van der Waals surface area contributed by atoms with Crippen molar-refractivity contribution in [3.8, 4) is 0 Å².